The van der Waals surface area contributed by atoms with Gasteiger partial charge in [0, 0.05) is 30.1 Å². The molecule has 2 N–H and O–H groups in total. The molecule has 10 heteroatoms. The molecule has 0 bridgehead atoms. The number of methoxy groups -OCH3 is 1. The van der Waals surface area contributed by atoms with Crippen LogP contribution in [0.4, 0.5) is 5.69 Å². The number of non-ortho nitro benzene ring substituents is 1. The van der Waals surface area contributed by atoms with E-state index >= 15 is 0 Å². The number of carbonyl (C=O) groups is 2. The minimum atomic E-state index is -0.921. The lowest BCUT2D eigenvalue weighted by molar-refractivity contribution is -0.384. The SMILES string of the molecule is COC(=O)C1=C(C)NC(C)=C(C(=O)OCCOc2ccc(CCCCO)cc2)C1c1cccc([N+](=O)[O-])c1. The van der Waals surface area contributed by atoms with Crippen molar-refractivity contribution in [2.45, 2.75) is 39.0 Å². The maximum atomic E-state index is 13.3. The molecule has 38 heavy (non-hydrogen) atoms. The summed E-state index contributed by atoms with van der Waals surface area (Å²) in [4.78, 5) is 36.8. The quantitative estimate of drug-likeness (QED) is 0.183. The Bertz CT molecular complexity index is 1230. The van der Waals surface area contributed by atoms with Gasteiger partial charge in [-0.3, -0.25) is 10.1 Å². The van der Waals surface area contributed by atoms with Gasteiger partial charge >= 0.3 is 11.9 Å². The first-order valence-electron chi connectivity index (χ1n) is 12.3. The number of aryl methyl sites for hydroxylation is 1. The number of allylic oxidation sites excluding steroid dienone is 2. The van der Waals surface area contributed by atoms with E-state index < -0.39 is 22.8 Å². The van der Waals surface area contributed by atoms with Crippen LogP contribution in [-0.2, 0) is 25.5 Å². The number of ether oxygens (including phenoxy) is 3. The van der Waals surface area contributed by atoms with E-state index in [2.05, 4.69) is 5.32 Å². The number of hydrogen-bond donors (Lipinski definition) is 2. The van der Waals surface area contributed by atoms with Crippen LogP contribution in [0.5, 0.6) is 5.75 Å². The smallest absolute Gasteiger partial charge is 0.336 e. The zero-order chi connectivity index (χ0) is 27.7. The molecule has 1 aliphatic heterocycles. The number of nitro benzene ring substituents is 1. The fourth-order valence-corrected chi connectivity index (χ4v) is 4.36. The highest BCUT2D eigenvalue weighted by molar-refractivity contribution is 5.99. The van der Waals surface area contributed by atoms with Gasteiger partial charge in [0.2, 0.25) is 0 Å². The van der Waals surface area contributed by atoms with E-state index in [1.165, 1.54) is 25.3 Å². The number of nitro groups is 1. The summed E-state index contributed by atoms with van der Waals surface area (Å²) in [6.45, 7) is 3.59. The number of benzene rings is 2. The van der Waals surface area contributed by atoms with Crippen LogP contribution in [0.2, 0.25) is 0 Å². The minimum Gasteiger partial charge on any atom is -0.490 e. The predicted molar refractivity (Wildman–Crippen MR) is 139 cm³/mol. The second-order valence-corrected chi connectivity index (χ2v) is 8.79. The zero-order valence-electron chi connectivity index (χ0n) is 21.7. The molecule has 10 nitrogen and oxygen atoms in total. The average Bonchev–Trinajstić information content (AvgIpc) is 2.91. The number of dihydropyridines is 1. The normalized spacial score (nSPS) is 15.1. The molecule has 2 aromatic rings. The van der Waals surface area contributed by atoms with Crippen molar-refractivity contribution in [3.05, 3.63) is 92.3 Å². The second-order valence-electron chi connectivity index (χ2n) is 8.79. The molecule has 1 atom stereocenters. The van der Waals surface area contributed by atoms with Crippen molar-refractivity contribution in [1.29, 1.82) is 0 Å². The van der Waals surface area contributed by atoms with Crippen LogP contribution in [-0.4, -0.2) is 48.9 Å². The average molecular weight is 525 g/mol. The fraction of sp³-hybridized carbons (Fsp3) is 0.357. The van der Waals surface area contributed by atoms with Gasteiger partial charge in [-0.25, -0.2) is 9.59 Å². The molecule has 0 saturated heterocycles. The molecule has 0 aliphatic carbocycles. The molecule has 1 aliphatic rings. The molecule has 0 aromatic heterocycles. The Balaban J connectivity index is 1.73. The molecule has 1 unspecified atom stereocenters. The number of carbonyl (C=O) groups excluding carboxylic acids is 2. The number of hydrogen-bond acceptors (Lipinski definition) is 9. The van der Waals surface area contributed by atoms with E-state index in [9.17, 15) is 19.7 Å². The van der Waals surface area contributed by atoms with Gasteiger partial charge in [-0.05, 0) is 56.4 Å². The van der Waals surface area contributed by atoms with Crippen molar-refractivity contribution in [3.8, 4) is 5.75 Å². The van der Waals surface area contributed by atoms with E-state index in [0.29, 0.717) is 22.7 Å². The van der Waals surface area contributed by atoms with Crippen LogP contribution in [0.25, 0.3) is 0 Å². The summed E-state index contributed by atoms with van der Waals surface area (Å²) in [5, 5.41) is 23.3. The van der Waals surface area contributed by atoms with Crippen molar-refractivity contribution in [3.63, 3.8) is 0 Å². The van der Waals surface area contributed by atoms with Gasteiger partial charge in [-0.15, -0.1) is 0 Å². The largest absolute Gasteiger partial charge is 0.490 e. The molecule has 2 aromatic carbocycles. The third kappa shape index (κ3) is 6.98. The van der Waals surface area contributed by atoms with Crippen LogP contribution in [0.15, 0.2) is 71.1 Å². The van der Waals surface area contributed by atoms with Crippen LogP contribution < -0.4 is 10.1 Å². The number of nitrogens with zero attached hydrogens (tertiary/aromatic N) is 1. The first-order chi connectivity index (χ1) is 18.3. The van der Waals surface area contributed by atoms with E-state index in [1.54, 1.807) is 19.9 Å². The highest BCUT2D eigenvalue weighted by Gasteiger charge is 2.38. The summed E-state index contributed by atoms with van der Waals surface area (Å²) in [5.41, 5.74) is 2.63. The number of aliphatic hydroxyl groups excluding tert-OH is 1. The van der Waals surface area contributed by atoms with Crippen molar-refractivity contribution < 1.29 is 33.8 Å². The number of unbranched alkanes of at least 4 members (excludes halogenated alkanes) is 1. The van der Waals surface area contributed by atoms with Crippen LogP contribution in [0.1, 0.15) is 43.7 Å². The topological polar surface area (TPSA) is 137 Å². The second kappa shape index (κ2) is 13.4. The Kier molecular flexibility index (Phi) is 10.0. The summed E-state index contributed by atoms with van der Waals surface area (Å²) in [5.74, 6) is -1.63. The van der Waals surface area contributed by atoms with Crippen LogP contribution in [0, 0.1) is 10.1 Å². The fourth-order valence-electron chi connectivity index (χ4n) is 4.36. The van der Waals surface area contributed by atoms with Crippen molar-refractivity contribution in [2.75, 3.05) is 26.9 Å². The monoisotopic (exact) mass is 524 g/mol. The summed E-state index contributed by atoms with van der Waals surface area (Å²) in [6, 6.07) is 13.4. The lowest BCUT2D eigenvalue weighted by Gasteiger charge is -2.30. The van der Waals surface area contributed by atoms with Crippen molar-refractivity contribution in [1.82, 2.24) is 5.32 Å². The molecule has 0 spiro atoms. The van der Waals surface area contributed by atoms with Crippen molar-refractivity contribution in [2.24, 2.45) is 0 Å². The molecule has 0 radical (unpaired) electrons. The Labute approximate surface area is 221 Å². The molecule has 1 heterocycles. The zero-order valence-corrected chi connectivity index (χ0v) is 21.7. The van der Waals surface area contributed by atoms with Gasteiger partial charge in [-0.1, -0.05) is 24.3 Å². The lowest BCUT2D eigenvalue weighted by atomic mass is 9.80. The minimum absolute atomic E-state index is 0.0498. The molecular weight excluding hydrogens is 492 g/mol. The summed E-state index contributed by atoms with van der Waals surface area (Å²) in [6.07, 6.45) is 2.53. The predicted octanol–water partition coefficient (Wildman–Crippen LogP) is 3.94. The lowest BCUT2D eigenvalue weighted by Crippen LogP contribution is -2.32. The van der Waals surface area contributed by atoms with E-state index in [1.807, 2.05) is 24.3 Å². The summed E-state index contributed by atoms with van der Waals surface area (Å²) < 4.78 is 16.1. The Morgan fingerprint density at radius 1 is 1.00 bits per heavy atom. The maximum absolute atomic E-state index is 13.3. The summed E-state index contributed by atoms with van der Waals surface area (Å²) in [7, 11) is 1.23. The van der Waals surface area contributed by atoms with E-state index in [-0.39, 0.29) is 36.7 Å². The van der Waals surface area contributed by atoms with Crippen molar-refractivity contribution >= 4 is 17.6 Å². The number of aliphatic hydroxyl groups is 1. The molecule has 0 fully saturated rings. The highest BCUT2D eigenvalue weighted by atomic mass is 16.6. The first kappa shape index (κ1) is 28.4. The van der Waals surface area contributed by atoms with Gasteiger partial charge in [0.1, 0.15) is 19.0 Å². The standard InChI is InChI=1S/C28H32N2O8/c1-18-24(27(32)36-3)26(21-8-6-9-22(17-21)30(34)35)25(19(2)29-18)28(33)38-16-15-37-23-12-10-20(11-13-23)7-4-5-14-31/h6,8-13,17,26,29,31H,4-5,7,14-16H2,1-3H3. The first-order valence-corrected chi connectivity index (χ1v) is 12.3. The van der Waals surface area contributed by atoms with Crippen LogP contribution >= 0.6 is 0 Å². The van der Waals surface area contributed by atoms with Gasteiger partial charge in [-0.2, -0.15) is 0 Å². The number of esters is 2. The molecule has 202 valence electrons. The number of rotatable bonds is 12. The molecule has 3 rings (SSSR count). The molecule has 0 saturated carbocycles. The maximum Gasteiger partial charge on any atom is 0.336 e. The van der Waals surface area contributed by atoms with E-state index in [4.69, 9.17) is 19.3 Å². The third-order valence-corrected chi connectivity index (χ3v) is 6.18. The highest BCUT2D eigenvalue weighted by Crippen LogP contribution is 2.40. The summed E-state index contributed by atoms with van der Waals surface area (Å²) >= 11 is 0. The van der Waals surface area contributed by atoms with Gasteiger partial charge in [0.05, 0.1) is 29.1 Å². The Morgan fingerprint density at radius 2 is 1.68 bits per heavy atom. The molecule has 0 amide bonds. The van der Waals surface area contributed by atoms with E-state index in [0.717, 1.165) is 24.8 Å². The Hall–Kier alpha value is -4.18. The van der Waals surface area contributed by atoms with Gasteiger partial charge < -0.3 is 24.6 Å². The molecular formula is C28H32N2O8. The number of nitrogens with one attached hydrogen (secondary N) is 1. The Morgan fingerprint density at radius 3 is 2.32 bits per heavy atom. The van der Waals surface area contributed by atoms with Crippen LogP contribution in [0.3, 0.4) is 0 Å². The van der Waals surface area contributed by atoms with Gasteiger partial charge in [0.15, 0.2) is 0 Å². The van der Waals surface area contributed by atoms with Gasteiger partial charge in [0.25, 0.3) is 5.69 Å². The third-order valence-electron chi connectivity index (χ3n) is 6.18.